The second-order valence-corrected chi connectivity index (χ2v) is 10.4. The van der Waals surface area contributed by atoms with Crippen molar-refractivity contribution < 1.29 is 9.30 Å². The van der Waals surface area contributed by atoms with E-state index in [1.165, 1.54) is 27.7 Å². The van der Waals surface area contributed by atoms with Gasteiger partial charge in [-0.25, -0.2) is 0 Å². The quantitative estimate of drug-likeness (QED) is 0.382. The van der Waals surface area contributed by atoms with Crippen LogP contribution >= 0.6 is 0 Å². The average molecular weight is 476 g/mol. The van der Waals surface area contributed by atoms with Crippen LogP contribution in [0.1, 0.15) is 42.0 Å². The molecule has 0 spiro atoms. The summed E-state index contributed by atoms with van der Waals surface area (Å²) < 4.78 is 2.26. The van der Waals surface area contributed by atoms with Crippen LogP contribution < -0.4 is 14.2 Å². The number of pyridine rings is 1. The highest BCUT2D eigenvalue weighted by Crippen LogP contribution is 2.28. The first kappa shape index (κ1) is 22.6. The van der Waals surface area contributed by atoms with Crippen LogP contribution in [0.2, 0.25) is 0 Å². The van der Waals surface area contributed by atoms with Crippen molar-refractivity contribution in [3.8, 4) is 6.07 Å². The molecule has 5 aromatic rings. The number of H-pyrrole nitrogens is 1. The predicted molar refractivity (Wildman–Crippen MR) is 146 cm³/mol. The van der Waals surface area contributed by atoms with Crippen LogP contribution in [-0.2, 0) is 6.54 Å². The summed E-state index contributed by atoms with van der Waals surface area (Å²) in [6.07, 6.45) is 0. The fraction of sp³-hybridized carbons (Fsp3) is 0.290. The van der Waals surface area contributed by atoms with Gasteiger partial charge in [0.15, 0.2) is 0 Å². The number of fused-ring (bicyclic) bond motifs is 4. The zero-order valence-electron chi connectivity index (χ0n) is 21.3. The van der Waals surface area contributed by atoms with E-state index >= 15 is 0 Å². The largest absolute Gasteiger partial charge is 0.326 e. The molecule has 3 aromatic carbocycles. The summed E-state index contributed by atoms with van der Waals surface area (Å²) in [4.78, 5) is 7.69. The van der Waals surface area contributed by atoms with E-state index in [-0.39, 0.29) is 5.92 Å². The monoisotopic (exact) mass is 475 g/mol. The minimum absolute atomic E-state index is 0.274. The Bertz CT molecular complexity index is 1630. The lowest BCUT2D eigenvalue weighted by atomic mass is 9.98. The molecule has 5 nitrogen and oxygen atoms in total. The molecule has 1 aliphatic rings. The smallest absolute Gasteiger partial charge is 0.250 e. The van der Waals surface area contributed by atoms with Gasteiger partial charge in [-0.2, -0.15) is 9.66 Å². The van der Waals surface area contributed by atoms with Gasteiger partial charge in [0.2, 0.25) is 11.5 Å². The predicted octanol–water partition coefficient (Wildman–Crippen LogP) is 4.27. The topological polar surface area (TPSA) is 51.4 Å². The molecule has 0 saturated carbocycles. The molecular formula is C31H33N5+2. The fourth-order valence-electron chi connectivity index (χ4n) is 5.87. The normalized spacial score (nSPS) is 14.8. The number of hydrogen-bond acceptors (Lipinski definition) is 2. The lowest BCUT2D eigenvalue weighted by molar-refractivity contribution is -0.914. The molecule has 0 atom stereocenters. The molecule has 2 aromatic heterocycles. The molecule has 0 bridgehead atoms. The Morgan fingerprint density at radius 3 is 2.56 bits per heavy atom. The van der Waals surface area contributed by atoms with Crippen molar-refractivity contribution in [2.24, 2.45) is 0 Å². The Balaban J connectivity index is 1.34. The number of anilines is 1. The lowest BCUT2D eigenvalue weighted by Crippen LogP contribution is -3.13. The second-order valence-electron chi connectivity index (χ2n) is 10.4. The Labute approximate surface area is 212 Å². The van der Waals surface area contributed by atoms with Crippen molar-refractivity contribution in [1.29, 1.82) is 5.26 Å². The Kier molecular flexibility index (Phi) is 5.62. The SMILES string of the molecule is Cc1ccc2ccccc2c1C[NH+]1CCN(c2cc(C(C)C)c(C#N)c3[nH]c4ccccc4[n+]23)CC1. The number of aromatic amines is 1. The number of aryl methyl sites for hydroxylation is 1. The summed E-state index contributed by atoms with van der Waals surface area (Å²) in [5.41, 5.74) is 7.81. The third kappa shape index (κ3) is 3.70. The van der Waals surface area contributed by atoms with Gasteiger partial charge >= 0.3 is 0 Å². The van der Waals surface area contributed by atoms with Crippen molar-refractivity contribution in [1.82, 2.24) is 4.98 Å². The van der Waals surface area contributed by atoms with Crippen molar-refractivity contribution in [2.45, 2.75) is 33.2 Å². The molecular weight excluding hydrogens is 442 g/mol. The molecule has 3 heterocycles. The van der Waals surface area contributed by atoms with Gasteiger partial charge in [0.25, 0.3) is 0 Å². The number of rotatable bonds is 4. The van der Waals surface area contributed by atoms with E-state index in [4.69, 9.17) is 0 Å². The first-order valence-corrected chi connectivity index (χ1v) is 13.0. The Morgan fingerprint density at radius 2 is 1.78 bits per heavy atom. The highest BCUT2D eigenvalue weighted by atomic mass is 15.3. The van der Waals surface area contributed by atoms with Crippen molar-refractivity contribution in [3.63, 3.8) is 0 Å². The van der Waals surface area contributed by atoms with Crippen LogP contribution in [0.5, 0.6) is 0 Å². The maximum absolute atomic E-state index is 10.1. The summed E-state index contributed by atoms with van der Waals surface area (Å²) in [5, 5.41) is 12.8. The molecule has 0 radical (unpaired) electrons. The number of piperazine rings is 1. The fourth-order valence-corrected chi connectivity index (χ4v) is 5.87. The maximum Gasteiger partial charge on any atom is 0.250 e. The van der Waals surface area contributed by atoms with Crippen LogP contribution in [0.3, 0.4) is 0 Å². The maximum atomic E-state index is 10.1. The molecule has 1 aliphatic heterocycles. The second kappa shape index (κ2) is 8.96. The van der Waals surface area contributed by atoms with Crippen LogP contribution in [0, 0.1) is 18.3 Å². The zero-order valence-corrected chi connectivity index (χ0v) is 21.3. The third-order valence-electron chi connectivity index (χ3n) is 7.89. The van der Waals surface area contributed by atoms with Crippen molar-refractivity contribution in [3.05, 3.63) is 89.0 Å². The summed E-state index contributed by atoms with van der Waals surface area (Å²) in [6, 6.07) is 26.4. The molecule has 36 heavy (non-hydrogen) atoms. The van der Waals surface area contributed by atoms with E-state index in [9.17, 15) is 5.26 Å². The molecule has 1 saturated heterocycles. The van der Waals surface area contributed by atoms with Crippen LogP contribution in [0.25, 0.3) is 27.5 Å². The van der Waals surface area contributed by atoms with E-state index in [1.807, 2.05) is 6.07 Å². The zero-order chi connectivity index (χ0) is 24.8. The van der Waals surface area contributed by atoms with E-state index in [2.05, 4.69) is 102 Å². The minimum atomic E-state index is 0.274. The van der Waals surface area contributed by atoms with Gasteiger partial charge in [-0.3, -0.25) is 9.88 Å². The van der Waals surface area contributed by atoms with E-state index in [0.29, 0.717) is 0 Å². The average Bonchev–Trinajstić information content (AvgIpc) is 3.29. The van der Waals surface area contributed by atoms with E-state index in [1.54, 1.807) is 4.90 Å². The van der Waals surface area contributed by atoms with Crippen molar-refractivity contribution in [2.75, 3.05) is 31.1 Å². The molecule has 0 aliphatic carbocycles. The van der Waals surface area contributed by atoms with Gasteiger partial charge in [-0.15, -0.1) is 0 Å². The van der Waals surface area contributed by atoms with Gasteiger partial charge in [0.1, 0.15) is 55.4 Å². The molecule has 2 N–H and O–H groups in total. The molecule has 1 fully saturated rings. The highest BCUT2D eigenvalue weighted by Gasteiger charge is 2.30. The van der Waals surface area contributed by atoms with Crippen LogP contribution in [0.15, 0.2) is 66.7 Å². The third-order valence-corrected chi connectivity index (χ3v) is 7.89. The van der Waals surface area contributed by atoms with Gasteiger partial charge in [0, 0.05) is 11.6 Å². The lowest BCUT2D eigenvalue weighted by Gasteiger charge is -2.31. The van der Waals surface area contributed by atoms with Crippen LogP contribution in [0.4, 0.5) is 5.82 Å². The molecule has 5 heteroatoms. The number of aromatic nitrogens is 2. The Hall–Kier alpha value is -3.88. The number of quaternary nitrogens is 1. The van der Waals surface area contributed by atoms with Gasteiger partial charge in [0.05, 0.1) is 0 Å². The molecule has 0 amide bonds. The summed E-state index contributed by atoms with van der Waals surface area (Å²) in [5.74, 6) is 1.46. The molecule has 180 valence electrons. The van der Waals surface area contributed by atoms with Gasteiger partial charge in [-0.1, -0.05) is 62.4 Å². The molecule has 0 unspecified atom stereocenters. The van der Waals surface area contributed by atoms with E-state index in [0.717, 1.165) is 60.5 Å². The number of hydrogen-bond donors (Lipinski definition) is 2. The highest BCUT2D eigenvalue weighted by molar-refractivity contribution is 5.86. The summed E-state index contributed by atoms with van der Waals surface area (Å²) >= 11 is 0. The van der Waals surface area contributed by atoms with Gasteiger partial charge < -0.3 is 4.90 Å². The first-order valence-electron chi connectivity index (χ1n) is 13.0. The standard InChI is InChI=1S/C31H31N5/c1-21(2)25-18-30(36-29-11-7-6-10-28(29)33-31(36)26(25)19-32)35-16-14-34(15-17-35)20-27-22(3)12-13-23-8-4-5-9-24(23)27/h4-13,18,21H,14-17,20H2,1-3H3/p+2. The number of nitrogens with one attached hydrogen (secondary N) is 2. The van der Waals surface area contributed by atoms with Gasteiger partial charge in [-0.05, 0) is 46.9 Å². The van der Waals surface area contributed by atoms with Crippen LogP contribution in [-0.4, -0.2) is 31.2 Å². The minimum Gasteiger partial charge on any atom is -0.326 e. The summed E-state index contributed by atoms with van der Waals surface area (Å²) in [7, 11) is 0. The van der Waals surface area contributed by atoms with E-state index < -0.39 is 0 Å². The first-order chi connectivity index (χ1) is 17.5. The molecule has 6 rings (SSSR count). The number of nitrogens with zero attached hydrogens (tertiary/aromatic N) is 3. The number of imidazole rings is 1. The number of nitriles is 1. The van der Waals surface area contributed by atoms with Crippen molar-refractivity contribution >= 4 is 33.3 Å². The number of para-hydroxylation sites is 2. The summed E-state index contributed by atoms with van der Waals surface area (Å²) in [6.45, 7) is 11.8. The number of benzene rings is 3. The Morgan fingerprint density at radius 1 is 1.03 bits per heavy atom.